The summed E-state index contributed by atoms with van der Waals surface area (Å²) in [5.74, 6) is -0.247. The summed E-state index contributed by atoms with van der Waals surface area (Å²) in [4.78, 5) is 32.2. The predicted molar refractivity (Wildman–Crippen MR) is 59.6 cm³/mol. The van der Waals surface area contributed by atoms with Crippen molar-refractivity contribution in [1.82, 2.24) is 5.32 Å². The lowest BCUT2D eigenvalue weighted by Gasteiger charge is -2.00. The van der Waals surface area contributed by atoms with Crippen LogP contribution in [0.4, 0.5) is 0 Å². The minimum Gasteiger partial charge on any atom is -0.349 e. The third-order valence-corrected chi connectivity index (χ3v) is 1.61. The molecule has 0 saturated heterocycles. The van der Waals surface area contributed by atoms with Gasteiger partial charge in [0, 0.05) is 26.2 Å². The van der Waals surface area contributed by atoms with Crippen LogP contribution in [-0.2, 0) is 14.4 Å². The van der Waals surface area contributed by atoms with Crippen molar-refractivity contribution in [2.75, 3.05) is 6.54 Å². The first-order chi connectivity index (χ1) is 7.06. The summed E-state index contributed by atoms with van der Waals surface area (Å²) in [5.41, 5.74) is 0. The fourth-order valence-electron chi connectivity index (χ4n) is 0.767. The highest BCUT2D eigenvalue weighted by Crippen LogP contribution is 1.95. The highest BCUT2D eigenvalue weighted by molar-refractivity contribution is 5.88. The Kier molecular flexibility index (Phi) is 11.8. The zero-order valence-electron chi connectivity index (χ0n) is 10.1. The molecule has 0 atom stereocenters. The second kappa shape index (κ2) is 10.9. The average molecular weight is 215 g/mol. The molecule has 1 amide bonds. The molecule has 0 heterocycles. The number of rotatable bonds is 6. The predicted octanol–water partition coefficient (Wildman–Crippen LogP) is 1.48. The number of Topliss-reactive ketones (excluding diaryl/α,β-unsaturated/α-hetero) is 2. The lowest BCUT2D eigenvalue weighted by atomic mass is 10.1. The molecule has 0 saturated carbocycles. The molecule has 0 aliphatic carbocycles. The number of nitrogens with one attached hydrogen (secondary N) is 1. The highest BCUT2D eigenvalue weighted by atomic mass is 16.2. The van der Waals surface area contributed by atoms with Crippen molar-refractivity contribution in [3.05, 3.63) is 0 Å². The second-order valence-electron chi connectivity index (χ2n) is 2.84. The Labute approximate surface area is 91.4 Å². The molecule has 0 aromatic heterocycles. The molecular formula is C11H21NO3. The highest BCUT2D eigenvalue weighted by Gasteiger charge is 2.05. The fraction of sp³-hybridized carbons (Fsp3) is 0.727. The molecule has 0 aliphatic rings. The standard InChI is InChI=1S/C9H15NO3.C2H6/c1-3-8(12)4-5-9(13)6-10-7(2)11;1-2/h3-6H2,1-2H3,(H,10,11);1-2H3. The van der Waals surface area contributed by atoms with Crippen LogP contribution in [0, 0.1) is 0 Å². The van der Waals surface area contributed by atoms with E-state index in [9.17, 15) is 14.4 Å². The van der Waals surface area contributed by atoms with Gasteiger partial charge >= 0.3 is 0 Å². The van der Waals surface area contributed by atoms with Crippen molar-refractivity contribution in [3.63, 3.8) is 0 Å². The monoisotopic (exact) mass is 215 g/mol. The van der Waals surface area contributed by atoms with Gasteiger partial charge in [-0.1, -0.05) is 20.8 Å². The van der Waals surface area contributed by atoms with E-state index < -0.39 is 0 Å². The first-order valence-electron chi connectivity index (χ1n) is 5.34. The van der Waals surface area contributed by atoms with Gasteiger partial charge in [-0.25, -0.2) is 0 Å². The Hall–Kier alpha value is -1.19. The molecule has 0 radical (unpaired) electrons. The van der Waals surface area contributed by atoms with Gasteiger partial charge in [0.25, 0.3) is 0 Å². The van der Waals surface area contributed by atoms with Gasteiger partial charge in [-0.05, 0) is 0 Å². The van der Waals surface area contributed by atoms with Crippen LogP contribution in [0.15, 0.2) is 0 Å². The fourth-order valence-corrected chi connectivity index (χ4v) is 0.767. The number of hydrogen-bond acceptors (Lipinski definition) is 3. The molecule has 1 N–H and O–H groups in total. The quantitative estimate of drug-likeness (QED) is 0.730. The van der Waals surface area contributed by atoms with Gasteiger partial charge in [0.15, 0.2) is 5.78 Å². The molecule has 0 spiro atoms. The van der Waals surface area contributed by atoms with Crippen molar-refractivity contribution in [1.29, 1.82) is 0 Å². The van der Waals surface area contributed by atoms with E-state index in [-0.39, 0.29) is 36.9 Å². The van der Waals surface area contributed by atoms with Crippen molar-refractivity contribution < 1.29 is 14.4 Å². The third kappa shape index (κ3) is 12.8. The largest absolute Gasteiger partial charge is 0.349 e. The molecule has 4 heteroatoms. The van der Waals surface area contributed by atoms with Crippen molar-refractivity contribution in [2.45, 2.75) is 47.0 Å². The van der Waals surface area contributed by atoms with Crippen LogP contribution in [0.2, 0.25) is 0 Å². The first kappa shape index (κ1) is 16.2. The van der Waals surface area contributed by atoms with E-state index in [1.807, 2.05) is 13.8 Å². The maximum absolute atomic E-state index is 11.0. The normalized spacial score (nSPS) is 8.53. The van der Waals surface area contributed by atoms with Gasteiger partial charge in [-0.3, -0.25) is 14.4 Å². The Morgan fingerprint density at radius 1 is 1.00 bits per heavy atom. The SMILES string of the molecule is CC.CCC(=O)CCC(=O)CNC(C)=O. The van der Waals surface area contributed by atoms with Crippen molar-refractivity contribution in [2.24, 2.45) is 0 Å². The van der Waals surface area contributed by atoms with Crippen LogP contribution in [-0.4, -0.2) is 24.0 Å². The van der Waals surface area contributed by atoms with E-state index in [0.29, 0.717) is 6.42 Å². The average Bonchev–Trinajstić information content (AvgIpc) is 2.25. The Morgan fingerprint density at radius 2 is 1.47 bits per heavy atom. The molecular weight excluding hydrogens is 194 g/mol. The van der Waals surface area contributed by atoms with Crippen LogP contribution in [0.5, 0.6) is 0 Å². The van der Waals surface area contributed by atoms with E-state index >= 15 is 0 Å². The van der Waals surface area contributed by atoms with Crippen LogP contribution in [0.1, 0.15) is 47.0 Å². The molecule has 0 unspecified atom stereocenters. The number of carbonyl (C=O) groups is 3. The Balaban J connectivity index is 0. The molecule has 0 rings (SSSR count). The summed E-state index contributed by atoms with van der Waals surface area (Å²) in [6, 6.07) is 0. The molecule has 88 valence electrons. The van der Waals surface area contributed by atoms with Gasteiger partial charge < -0.3 is 5.32 Å². The van der Waals surface area contributed by atoms with E-state index in [2.05, 4.69) is 5.32 Å². The molecule has 4 nitrogen and oxygen atoms in total. The minimum absolute atomic E-state index is 0.0341. The van der Waals surface area contributed by atoms with E-state index in [4.69, 9.17) is 0 Å². The summed E-state index contributed by atoms with van der Waals surface area (Å²) >= 11 is 0. The maximum atomic E-state index is 11.0. The van der Waals surface area contributed by atoms with Gasteiger partial charge in [0.2, 0.25) is 5.91 Å². The van der Waals surface area contributed by atoms with E-state index in [0.717, 1.165) is 0 Å². The van der Waals surface area contributed by atoms with Gasteiger partial charge in [-0.15, -0.1) is 0 Å². The zero-order valence-corrected chi connectivity index (χ0v) is 10.1. The van der Waals surface area contributed by atoms with E-state index in [1.165, 1.54) is 6.92 Å². The first-order valence-corrected chi connectivity index (χ1v) is 5.34. The van der Waals surface area contributed by atoms with Gasteiger partial charge in [-0.2, -0.15) is 0 Å². The molecule has 0 aromatic rings. The summed E-state index contributed by atoms with van der Waals surface area (Å²) < 4.78 is 0. The number of amides is 1. The Bertz CT molecular complexity index is 212. The Morgan fingerprint density at radius 3 is 1.87 bits per heavy atom. The van der Waals surface area contributed by atoms with Gasteiger partial charge in [0.05, 0.1) is 6.54 Å². The molecule has 0 aliphatic heterocycles. The van der Waals surface area contributed by atoms with Crippen LogP contribution >= 0.6 is 0 Å². The van der Waals surface area contributed by atoms with Crippen LogP contribution in [0.3, 0.4) is 0 Å². The third-order valence-electron chi connectivity index (χ3n) is 1.61. The lowest BCUT2D eigenvalue weighted by Crippen LogP contribution is -2.27. The number of hydrogen-bond donors (Lipinski definition) is 1. The smallest absolute Gasteiger partial charge is 0.217 e. The topological polar surface area (TPSA) is 63.2 Å². The molecule has 0 fully saturated rings. The maximum Gasteiger partial charge on any atom is 0.217 e. The summed E-state index contributed by atoms with van der Waals surface area (Å²) in [7, 11) is 0. The van der Waals surface area contributed by atoms with Crippen LogP contribution < -0.4 is 5.32 Å². The minimum atomic E-state index is -0.227. The molecule has 0 bridgehead atoms. The molecule has 0 aromatic carbocycles. The van der Waals surface area contributed by atoms with Crippen LogP contribution in [0.25, 0.3) is 0 Å². The van der Waals surface area contributed by atoms with Crippen molar-refractivity contribution >= 4 is 17.5 Å². The number of carbonyl (C=O) groups excluding carboxylic acids is 3. The summed E-state index contributed by atoms with van der Waals surface area (Å²) in [5, 5.41) is 2.39. The van der Waals surface area contributed by atoms with E-state index in [1.54, 1.807) is 6.92 Å². The molecule has 15 heavy (non-hydrogen) atoms. The number of ketones is 2. The lowest BCUT2D eigenvalue weighted by molar-refractivity contribution is -0.125. The zero-order chi connectivity index (χ0) is 12.3. The van der Waals surface area contributed by atoms with Crippen molar-refractivity contribution in [3.8, 4) is 0 Å². The summed E-state index contributed by atoms with van der Waals surface area (Å²) in [6.07, 6.45) is 0.981. The summed E-state index contributed by atoms with van der Waals surface area (Å²) in [6.45, 7) is 7.15. The van der Waals surface area contributed by atoms with Gasteiger partial charge in [0.1, 0.15) is 5.78 Å². The second-order valence-corrected chi connectivity index (χ2v) is 2.84.